The van der Waals surface area contributed by atoms with Gasteiger partial charge in [0, 0.05) is 24.4 Å². The van der Waals surface area contributed by atoms with Gasteiger partial charge in [-0.05, 0) is 13.0 Å². The van der Waals surface area contributed by atoms with Crippen LogP contribution in [0.3, 0.4) is 0 Å². The van der Waals surface area contributed by atoms with Crippen LogP contribution in [0.15, 0.2) is 12.5 Å². The minimum Gasteiger partial charge on any atom is -0.347 e. The summed E-state index contributed by atoms with van der Waals surface area (Å²) in [5, 5.41) is 0. The van der Waals surface area contributed by atoms with Crippen molar-refractivity contribution in [2.45, 2.75) is 25.8 Å². The predicted octanol–water partition coefficient (Wildman–Crippen LogP) is 1.89. The Kier molecular flexibility index (Phi) is 2.73. The number of likely N-dealkylation sites (tertiary alicyclic amines) is 1. The molecule has 0 aromatic carbocycles. The molecule has 1 N–H and O–H groups in total. The number of nitrogens with one attached hydrogen (secondary N) is 1. The standard InChI is InChI=1S/C10H15F2N3/c1-8-2-3-15(6-10(8,11)12)5-9-4-13-7-14-9/h4,7-8H,2-3,5-6H2,1H3,(H,13,14)/t8-/m1/s1. The first-order chi connectivity index (χ1) is 7.08. The maximum Gasteiger partial charge on any atom is 0.263 e. The highest BCUT2D eigenvalue weighted by Crippen LogP contribution is 2.32. The Hall–Kier alpha value is -0.970. The lowest BCUT2D eigenvalue weighted by Crippen LogP contribution is -2.47. The zero-order valence-electron chi connectivity index (χ0n) is 8.71. The number of rotatable bonds is 2. The zero-order chi connectivity index (χ0) is 10.9. The molecular weight excluding hydrogens is 200 g/mol. The molecule has 1 fully saturated rings. The van der Waals surface area contributed by atoms with Gasteiger partial charge in [-0.1, -0.05) is 6.92 Å². The maximum absolute atomic E-state index is 13.4. The highest BCUT2D eigenvalue weighted by molar-refractivity contribution is 4.95. The van der Waals surface area contributed by atoms with E-state index < -0.39 is 11.8 Å². The number of alkyl halides is 2. The van der Waals surface area contributed by atoms with Gasteiger partial charge >= 0.3 is 0 Å². The fourth-order valence-electron chi connectivity index (χ4n) is 1.87. The zero-order valence-corrected chi connectivity index (χ0v) is 8.71. The van der Waals surface area contributed by atoms with Gasteiger partial charge in [-0.3, -0.25) is 4.90 Å². The molecule has 0 radical (unpaired) electrons. The van der Waals surface area contributed by atoms with Gasteiger partial charge in [-0.15, -0.1) is 0 Å². The number of hydrogen-bond acceptors (Lipinski definition) is 2. The molecule has 1 aromatic rings. The van der Waals surface area contributed by atoms with Crippen LogP contribution in [0.5, 0.6) is 0 Å². The molecule has 0 saturated carbocycles. The molecule has 0 spiro atoms. The molecule has 0 bridgehead atoms. The molecule has 1 aliphatic rings. The normalized spacial score (nSPS) is 26.7. The van der Waals surface area contributed by atoms with E-state index in [1.165, 1.54) is 0 Å². The molecule has 0 aliphatic carbocycles. The Bertz CT molecular complexity index is 310. The third kappa shape index (κ3) is 2.34. The van der Waals surface area contributed by atoms with E-state index >= 15 is 0 Å². The van der Waals surface area contributed by atoms with E-state index in [4.69, 9.17) is 0 Å². The fourth-order valence-corrected chi connectivity index (χ4v) is 1.87. The van der Waals surface area contributed by atoms with Crippen molar-refractivity contribution in [3.63, 3.8) is 0 Å². The predicted molar refractivity (Wildman–Crippen MR) is 52.6 cm³/mol. The van der Waals surface area contributed by atoms with Gasteiger partial charge in [0.25, 0.3) is 5.92 Å². The maximum atomic E-state index is 13.4. The lowest BCUT2D eigenvalue weighted by molar-refractivity contribution is -0.106. The van der Waals surface area contributed by atoms with Gasteiger partial charge in [-0.25, -0.2) is 13.8 Å². The van der Waals surface area contributed by atoms with Crippen molar-refractivity contribution in [3.8, 4) is 0 Å². The lowest BCUT2D eigenvalue weighted by atomic mass is 9.95. The number of piperidine rings is 1. The summed E-state index contributed by atoms with van der Waals surface area (Å²) >= 11 is 0. The van der Waals surface area contributed by atoms with E-state index in [9.17, 15) is 8.78 Å². The molecular formula is C10H15F2N3. The number of H-pyrrole nitrogens is 1. The Labute approximate surface area is 87.5 Å². The fraction of sp³-hybridized carbons (Fsp3) is 0.700. The number of aromatic amines is 1. The molecule has 1 aromatic heterocycles. The summed E-state index contributed by atoms with van der Waals surface area (Å²) in [5.41, 5.74) is 0.889. The SMILES string of the molecule is C[C@@H]1CCN(Cc2cnc[nH]2)CC1(F)F. The van der Waals surface area contributed by atoms with Crippen LogP contribution in [0.25, 0.3) is 0 Å². The molecule has 2 rings (SSSR count). The summed E-state index contributed by atoms with van der Waals surface area (Å²) in [6.45, 7) is 2.73. The van der Waals surface area contributed by atoms with E-state index in [0.717, 1.165) is 12.2 Å². The first-order valence-corrected chi connectivity index (χ1v) is 5.15. The van der Waals surface area contributed by atoms with E-state index in [2.05, 4.69) is 9.97 Å². The minimum absolute atomic E-state index is 0.146. The second-order valence-electron chi connectivity index (χ2n) is 4.24. The van der Waals surface area contributed by atoms with Crippen LogP contribution in [0.1, 0.15) is 19.0 Å². The molecule has 1 atom stereocenters. The van der Waals surface area contributed by atoms with Gasteiger partial charge in [0.05, 0.1) is 12.9 Å². The molecule has 84 valence electrons. The average Bonchev–Trinajstić information content (AvgIpc) is 2.63. The van der Waals surface area contributed by atoms with E-state index in [1.54, 1.807) is 24.3 Å². The largest absolute Gasteiger partial charge is 0.347 e. The Balaban J connectivity index is 1.95. The molecule has 1 saturated heterocycles. The van der Waals surface area contributed by atoms with Gasteiger partial charge in [0.1, 0.15) is 0 Å². The molecule has 1 aliphatic heterocycles. The van der Waals surface area contributed by atoms with Gasteiger partial charge in [0.2, 0.25) is 0 Å². The molecule has 3 nitrogen and oxygen atoms in total. The number of aromatic nitrogens is 2. The lowest BCUT2D eigenvalue weighted by Gasteiger charge is -2.36. The van der Waals surface area contributed by atoms with E-state index in [1.807, 2.05) is 0 Å². The number of hydrogen-bond donors (Lipinski definition) is 1. The number of imidazole rings is 1. The average molecular weight is 215 g/mol. The minimum atomic E-state index is -2.56. The van der Waals surface area contributed by atoms with Crippen LogP contribution in [0.4, 0.5) is 8.78 Å². The smallest absolute Gasteiger partial charge is 0.263 e. The van der Waals surface area contributed by atoms with Crippen molar-refractivity contribution < 1.29 is 8.78 Å². The Morgan fingerprint density at radius 1 is 1.67 bits per heavy atom. The monoisotopic (exact) mass is 215 g/mol. The first kappa shape index (κ1) is 10.5. The third-order valence-electron chi connectivity index (χ3n) is 2.98. The van der Waals surface area contributed by atoms with Crippen molar-refractivity contribution in [2.75, 3.05) is 13.1 Å². The van der Waals surface area contributed by atoms with Crippen LogP contribution < -0.4 is 0 Å². The van der Waals surface area contributed by atoms with Crippen LogP contribution in [-0.2, 0) is 6.54 Å². The molecule has 0 unspecified atom stereocenters. The molecule has 2 heterocycles. The van der Waals surface area contributed by atoms with Gasteiger partial charge < -0.3 is 4.98 Å². The van der Waals surface area contributed by atoms with Crippen molar-refractivity contribution in [3.05, 3.63) is 18.2 Å². The van der Waals surface area contributed by atoms with E-state index in [-0.39, 0.29) is 6.54 Å². The van der Waals surface area contributed by atoms with Crippen molar-refractivity contribution in [2.24, 2.45) is 5.92 Å². The third-order valence-corrected chi connectivity index (χ3v) is 2.98. The summed E-state index contributed by atoms with van der Waals surface area (Å²) in [4.78, 5) is 8.57. The topological polar surface area (TPSA) is 31.9 Å². The summed E-state index contributed by atoms with van der Waals surface area (Å²) in [5.74, 6) is -3.06. The second kappa shape index (κ2) is 3.89. The van der Waals surface area contributed by atoms with Crippen molar-refractivity contribution >= 4 is 0 Å². The second-order valence-corrected chi connectivity index (χ2v) is 4.24. The van der Waals surface area contributed by atoms with E-state index in [0.29, 0.717) is 13.0 Å². The van der Waals surface area contributed by atoms with Gasteiger partial charge in [0.15, 0.2) is 0 Å². The highest BCUT2D eigenvalue weighted by Gasteiger charge is 2.41. The van der Waals surface area contributed by atoms with Crippen LogP contribution in [-0.4, -0.2) is 33.9 Å². The van der Waals surface area contributed by atoms with Crippen LogP contribution in [0.2, 0.25) is 0 Å². The molecule has 5 heteroatoms. The van der Waals surface area contributed by atoms with Crippen LogP contribution >= 0.6 is 0 Å². The first-order valence-electron chi connectivity index (χ1n) is 5.15. The summed E-state index contributed by atoms with van der Waals surface area (Å²) in [6.07, 6.45) is 3.80. The Morgan fingerprint density at radius 3 is 3.07 bits per heavy atom. The van der Waals surface area contributed by atoms with Crippen LogP contribution in [0, 0.1) is 5.92 Å². The van der Waals surface area contributed by atoms with Crippen molar-refractivity contribution in [1.29, 1.82) is 0 Å². The summed E-state index contributed by atoms with van der Waals surface area (Å²) in [6, 6.07) is 0. The number of halogens is 2. The number of nitrogens with zero attached hydrogens (tertiary/aromatic N) is 2. The Morgan fingerprint density at radius 2 is 2.47 bits per heavy atom. The summed E-state index contributed by atoms with van der Waals surface area (Å²) in [7, 11) is 0. The van der Waals surface area contributed by atoms with Crippen molar-refractivity contribution in [1.82, 2.24) is 14.9 Å². The summed E-state index contributed by atoms with van der Waals surface area (Å²) < 4.78 is 26.8. The molecule has 0 amide bonds. The van der Waals surface area contributed by atoms with Gasteiger partial charge in [-0.2, -0.15) is 0 Å². The molecule has 15 heavy (non-hydrogen) atoms. The quantitative estimate of drug-likeness (QED) is 0.817. The highest BCUT2D eigenvalue weighted by atomic mass is 19.3.